The fourth-order valence-electron chi connectivity index (χ4n) is 2.34. The minimum absolute atomic E-state index is 0.0769. The molecule has 0 saturated carbocycles. The third-order valence-corrected chi connectivity index (χ3v) is 4.72. The molecule has 4 nitrogen and oxygen atoms in total. The van der Waals surface area contributed by atoms with E-state index in [2.05, 4.69) is 9.97 Å². The number of nitrogens with zero attached hydrogens (tertiary/aromatic N) is 3. The lowest BCUT2D eigenvalue weighted by Gasteiger charge is -2.13. The Bertz CT molecular complexity index is 809. The van der Waals surface area contributed by atoms with Crippen molar-refractivity contribution in [2.24, 2.45) is 0 Å². The fourth-order valence-corrected chi connectivity index (χ4v) is 3.24. The third kappa shape index (κ3) is 2.27. The summed E-state index contributed by atoms with van der Waals surface area (Å²) in [4.78, 5) is 9.52. The summed E-state index contributed by atoms with van der Waals surface area (Å²) >= 11 is 1.56. The van der Waals surface area contributed by atoms with E-state index in [0.29, 0.717) is 5.52 Å². The molecule has 0 fully saturated rings. The number of aryl methyl sites for hydroxylation is 1. The van der Waals surface area contributed by atoms with Crippen molar-refractivity contribution in [1.29, 1.82) is 0 Å². The smallest absolute Gasteiger partial charge is 0.201 e. The van der Waals surface area contributed by atoms with Gasteiger partial charge in [-0.2, -0.15) is 0 Å². The molecule has 0 amide bonds. The highest BCUT2D eigenvalue weighted by Crippen LogP contribution is 2.31. The van der Waals surface area contributed by atoms with Crippen molar-refractivity contribution >= 4 is 28.3 Å². The lowest BCUT2D eigenvalue weighted by Crippen LogP contribution is -2.10. The molecule has 2 heterocycles. The summed E-state index contributed by atoms with van der Waals surface area (Å²) in [7, 11) is 0. The molecule has 0 aliphatic rings. The second-order valence-electron chi connectivity index (χ2n) is 4.79. The molecule has 2 aromatic heterocycles. The van der Waals surface area contributed by atoms with Gasteiger partial charge in [-0.1, -0.05) is 6.92 Å². The number of aromatic nitrogens is 3. The number of anilines is 1. The third-order valence-electron chi connectivity index (χ3n) is 3.41. The van der Waals surface area contributed by atoms with E-state index in [1.165, 1.54) is 6.07 Å². The molecule has 2 N–H and O–H groups in total. The zero-order chi connectivity index (χ0) is 15.1. The van der Waals surface area contributed by atoms with E-state index in [1.54, 1.807) is 15.9 Å². The van der Waals surface area contributed by atoms with Crippen LogP contribution in [-0.2, 0) is 6.42 Å². The van der Waals surface area contributed by atoms with Crippen LogP contribution in [0.5, 0.6) is 0 Å². The molecule has 7 heteroatoms. The molecule has 0 radical (unpaired) electrons. The van der Waals surface area contributed by atoms with Gasteiger partial charge in [-0.05, 0) is 13.3 Å². The SMILES string of the molecule is CCc1cnc(C(C)n2c(N)nc3c(F)cc(F)cc32)s1. The Hall–Kier alpha value is -2.02. The Morgan fingerprint density at radius 3 is 2.81 bits per heavy atom. The van der Waals surface area contributed by atoms with Crippen LogP contribution in [0.4, 0.5) is 14.7 Å². The van der Waals surface area contributed by atoms with E-state index in [9.17, 15) is 8.78 Å². The van der Waals surface area contributed by atoms with Crippen molar-refractivity contribution in [2.75, 3.05) is 5.73 Å². The largest absolute Gasteiger partial charge is 0.369 e. The van der Waals surface area contributed by atoms with Gasteiger partial charge in [0.05, 0.1) is 11.6 Å². The molecule has 0 spiro atoms. The maximum atomic E-state index is 13.8. The summed E-state index contributed by atoms with van der Waals surface area (Å²) < 4.78 is 28.9. The Kier molecular flexibility index (Phi) is 3.36. The lowest BCUT2D eigenvalue weighted by molar-refractivity contribution is 0.588. The van der Waals surface area contributed by atoms with Gasteiger partial charge in [0.25, 0.3) is 0 Å². The molecule has 0 aliphatic heterocycles. The molecule has 110 valence electrons. The van der Waals surface area contributed by atoms with Gasteiger partial charge in [-0.25, -0.2) is 18.7 Å². The van der Waals surface area contributed by atoms with Crippen LogP contribution in [0.1, 0.15) is 29.8 Å². The zero-order valence-electron chi connectivity index (χ0n) is 11.6. The quantitative estimate of drug-likeness (QED) is 0.805. The number of fused-ring (bicyclic) bond motifs is 1. The molecular formula is C14H14F2N4S. The Morgan fingerprint density at radius 1 is 1.38 bits per heavy atom. The standard InChI is InChI=1S/C14H14F2N4S/c1-3-9-6-18-13(21-9)7(2)20-11-5-8(15)4-10(16)12(11)19-14(20)17/h4-7H,3H2,1-2H3,(H2,17,19). The van der Waals surface area contributed by atoms with Crippen LogP contribution in [0.25, 0.3) is 11.0 Å². The number of halogens is 2. The maximum absolute atomic E-state index is 13.8. The molecule has 0 saturated heterocycles. The van der Waals surface area contributed by atoms with Crippen LogP contribution < -0.4 is 5.73 Å². The van der Waals surface area contributed by atoms with Crippen molar-refractivity contribution in [2.45, 2.75) is 26.3 Å². The minimum Gasteiger partial charge on any atom is -0.369 e. The second kappa shape index (κ2) is 5.07. The van der Waals surface area contributed by atoms with Crippen molar-refractivity contribution in [3.8, 4) is 0 Å². The average Bonchev–Trinajstić information content (AvgIpc) is 3.02. The van der Waals surface area contributed by atoms with E-state index in [1.807, 2.05) is 20.0 Å². The summed E-state index contributed by atoms with van der Waals surface area (Å²) in [6, 6.07) is 1.82. The average molecular weight is 308 g/mol. The second-order valence-corrected chi connectivity index (χ2v) is 5.94. The first-order valence-corrected chi connectivity index (χ1v) is 7.40. The molecule has 1 aromatic carbocycles. The topological polar surface area (TPSA) is 56.7 Å². The highest BCUT2D eigenvalue weighted by molar-refractivity contribution is 7.11. The first-order valence-electron chi connectivity index (χ1n) is 6.58. The Labute approximate surface area is 124 Å². The maximum Gasteiger partial charge on any atom is 0.201 e. The molecule has 3 aromatic rings. The van der Waals surface area contributed by atoms with Crippen LogP contribution in [0.2, 0.25) is 0 Å². The molecule has 0 aliphatic carbocycles. The highest BCUT2D eigenvalue weighted by Gasteiger charge is 2.20. The predicted molar refractivity (Wildman–Crippen MR) is 79.4 cm³/mol. The Morgan fingerprint density at radius 2 is 2.14 bits per heavy atom. The summed E-state index contributed by atoms with van der Waals surface area (Å²) in [5.41, 5.74) is 6.30. The number of nitrogen functional groups attached to an aromatic ring is 1. The molecule has 0 bridgehead atoms. The minimum atomic E-state index is -0.712. The van der Waals surface area contributed by atoms with Crippen LogP contribution in [0.15, 0.2) is 18.3 Å². The Balaban J connectivity index is 2.17. The zero-order valence-corrected chi connectivity index (χ0v) is 12.4. The summed E-state index contributed by atoms with van der Waals surface area (Å²) in [6.45, 7) is 3.94. The number of benzene rings is 1. The van der Waals surface area contributed by atoms with Crippen molar-refractivity contribution in [3.05, 3.63) is 39.8 Å². The van der Waals surface area contributed by atoms with Crippen LogP contribution in [0, 0.1) is 11.6 Å². The number of imidazole rings is 1. The van der Waals surface area contributed by atoms with Gasteiger partial charge in [-0.3, -0.25) is 0 Å². The van der Waals surface area contributed by atoms with E-state index in [-0.39, 0.29) is 17.5 Å². The predicted octanol–water partition coefficient (Wildman–Crippen LogP) is 3.52. The van der Waals surface area contributed by atoms with Gasteiger partial charge in [0.15, 0.2) is 5.82 Å². The number of hydrogen-bond donors (Lipinski definition) is 1. The van der Waals surface area contributed by atoms with E-state index >= 15 is 0 Å². The monoisotopic (exact) mass is 308 g/mol. The summed E-state index contributed by atoms with van der Waals surface area (Å²) in [5.74, 6) is -1.21. The summed E-state index contributed by atoms with van der Waals surface area (Å²) in [5, 5.41) is 0.836. The lowest BCUT2D eigenvalue weighted by atomic mass is 10.2. The van der Waals surface area contributed by atoms with Gasteiger partial charge in [0, 0.05) is 23.2 Å². The van der Waals surface area contributed by atoms with Crippen LogP contribution >= 0.6 is 11.3 Å². The van der Waals surface area contributed by atoms with Gasteiger partial charge in [-0.15, -0.1) is 11.3 Å². The van der Waals surface area contributed by atoms with E-state index in [0.717, 1.165) is 22.4 Å². The van der Waals surface area contributed by atoms with Crippen molar-refractivity contribution < 1.29 is 8.78 Å². The molecule has 21 heavy (non-hydrogen) atoms. The van der Waals surface area contributed by atoms with Crippen molar-refractivity contribution in [1.82, 2.24) is 14.5 Å². The summed E-state index contributed by atoms with van der Waals surface area (Å²) in [6.07, 6.45) is 2.71. The van der Waals surface area contributed by atoms with Gasteiger partial charge in [0.2, 0.25) is 5.95 Å². The molecular weight excluding hydrogens is 294 g/mol. The van der Waals surface area contributed by atoms with Gasteiger partial charge < -0.3 is 10.3 Å². The fraction of sp³-hybridized carbons (Fsp3) is 0.286. The normalized spacial score (nSPS) is 13.0. The number of rotatable bonds is 3. The van der Waals surface area contributed by atoms with Gasteiger partial charge in [0.1, 0.15) is 16.3 Å². The number of thiazole rings is 1. The van der Waals surface area contributed by atoms with Crippen LogP contribution in [-0.4, -0.2) is 14.5 Å². The number of hydrogen-bond acceptors (Lipinski definition) is 4. The first-order chi connectivity index (χ1) is 10.0. The molecule has 1 unspecified atom stereocenters. The first kappa shape index (κ1) is 13.9. The molecule has 3 rings (SSSR count). The van der Waals surface area contributed by atoms with Gasteiger partial charge >= 0.3 is 0 Å². The van der Waals surface area contributed by atoms with E-state index < -0.39 is 11.6 Å². The molecule has 1 atom stereocenters. The highest BCUT2D eigenvalue weighted by atomic mass is 32.1. The van der Waals surface area contributed by atoms with Crippen LogP contribution in [0.3, 0.4) is 0 Å². The van der Waals surface area contributed by atoms with Crippen molar-refractivity contribution in [3.63, 3.8) is 0 Å². The van der Waals surface area contributed by atoms with E-state index in [4.69, 9.17) is 5.73 Å². The number of nitrogens with two attached hydrogens (primary N) is 1.